The molecule has 0 unspecified atom stereocenters. The number of phenols is 1. The van der Waals surface area contributed by atoms with E-state index < -0.39 is 16.7 Å². The molecular weight excluding hydrogens is 376 g/mol. The van der Waals surface area contributed by atoms with Crippen LogP contribution in [0.1, 0.15) is 10.4 Å². The quantitative estimate of drug-likeness (QED) is 0.467. The van der Waals surface area contributed by atoms with Crippen LogP contribution in [0.5, 0.6) is 5.75 Å². The lowest BCUT2D eigenvalue weighted by Gasteiger charge is -2.10. The van der Waals surface area contributed by atoms with E-state index >= 15 is 0 Å². The van der Waals surface area contributed by atoms with Crippen molar-refractivity contribution in [1.82, 2.24) is 15.4 Å². The summed E-state index contributed by atoms with van der Waals surface area (Å²) in [6.45, 7) is -0.122. The summed E-state index contributed by atoms with van der Waals surface area (Å²) in [6.07, 6.45) is 1.61. The number of carbonyl (C=O) groups is 2. The highest BCUT2D eigenvalue weighted by molar-refractivity contribution is 6.31. The number of rotatable bonds is 4. The van der Waals surface area contributed by atoms with Crippen molar-refractivity contribution in [2.75, 3.05) is 0 Å². The Balaban J connectivity index is 1.66. The van der Waals surface area contributed by atoms with Crippen molar-refractivity contribution in [1.29, 1.82) is 0 Å². The zero-order valence-corrected chi connectivity index (χ0v) is 14.4. The van der Waals surface area contributed by atoms with Crippen LogP contribution >= 0.6 is 11.6 Å². The molecule has 0 radical (unpaired) electrons. The van der Waals surface area contributed by atoms with Gasteiger partial charge in [0.05, 0.1) is 10.5 Å². The Hall–Kier alpha value is -3.59. The second-order valence-electron chi connectivity index (χ2n) is 5.61. The summed E-state index contributed by atoms with van der Waals surface area (Å²) in [5, 5.41) is 21.4. The monoisotopic (exact) mass is 388 g/mol. The van der Waals surface area contributed by atoms with Crippen LogP contribution in [-0.4, -0.2) is 26.4 Å². The van der Waals surface area contributed by atoms with Gasteiger partial charge < -0.3 is 9.67 Å². The summed E-state index contributed by atoms with van der Waals surface area (Å²) in [5.41, 5.74) is 4.94. The number of halogens is 1. The fraction of sp³-hybridized carbons (Fsp3) is 0.0588. The molecule has 0 fully saturated rings. The number of nitrogens with one attached hydrogen (secondary N) is 2. The average molecular weight is 389 g/mol. The number of benzene rings is 2. The van der Waals surface area contributed by atoms with Crippen LogP contribution in [0.3, 0.4) is 0 Å². The Morgan fingerprint density at radius 2 is 1.93 bits per heavy atom. The molecule has 0 saturated heterocycles. The van der Waals surface area contributed by atoms with E-state index in [-0.39, 0.29) is 28.6 Å². The van der Waals surface area contributed by atoms with Crippen LogP contribution in [-0.2, 0) is 11.3 Å². The van der Waals surface area contributed by atoms with E-state index in [9.17, 15) is 24.8 Å². The molecule has 9 nitrogen and oxygen atoms in total. The Morgan fingerprint density at radius 3 is 2.67 bits per heavy atom. The second kappa shape index (κ2) is 7.34. The lowest BCUT2D eigenvalue weighted by Crippen LogP contribution is -2.43. The van der Waals surface area contributed by atoms with Crippen LogP contribution in [0.2, 0.25) is 5.02 Å². The van der Waals surface area contributed by atoms with E-state index in [0.29, 0.717) is 10.9 Å². The Morgan fingerprint density at radius 1 is 1.15 bits per heavy atom. The van der Waals surface area contributed by atoms with Crippen molar-refractivity contribution in [2.24, 2.45) is 0 Å². The number of aromatic hydroxyl groups is 1. The minimum absolute atomic E-state index is 0.0432. The molecule has 0 aliphatic heterocycles. The molecule has 0 aliphatic rings. The predicted octanol–water partition coefficient (Wildman–Crippen LogP) is 2.37. The van der Waals surface area contributed by atoms with E-state index in [1.807, 2.05) is 0 Å². The number of hydrogen-bond acceptors (Lipinski definition) is 5. The third-order valence-corrected chi connectivity index (χ3v) is 4.03. The molecule has 138 valence electrons. The van der Waals surface area contributed by atoms with Crippen molar-refractivity contribution in [3.05, 3.63) is 69.4 Å². The molecule has 0 spiro atoms. The number of nitrogens with zero attached hydrogens (tertiary/aromatic N) is 2. The highest BCUT2D eigenvalue weighted by Crippen LogP contribution is 2.22. The van der Waals surface area contributed by atoms with Crippen molar-refractivity contribution >= 4 is 40.0 Å². The summed E-state index contributed by atoms with van der Waals surface area (Å²) in [4.78, 5) is 34.4. The van der Waals surface area contributed by atoms with Crippen molar-refractivity contribution in [3.8, 4) is 5.75 Å². The number of hydrazine groups is 1. The number of nitro groups is 1. The fourth-order valence-electron chi connectivity index (χ4n) is 2.52. The zero-order chi connectivity index (χ0) is 19.6. The third-order valence-electron chi connectivity index (χ3n) is 3.80. The summed E-state index contributed by atoms with van der Waals surface area (Å²) in [6, 6.07) is 9.91. The minimum atomic E-state index is -0.726. The van der Waals surface area contributed by atoms with Gasteiger partial charge >= 0.3 is 0 Å². The number of carbonyl (C=O) groups excluding carboxylic acids is 2. The number of phenolic OH excluding ortho intramolecular Hbond substituents is 1. The normalized spacial score (nSPS) is 10.6. The fourth-order valence-corrected chi connectivity index (χ4v) is 2.69. The molecular formula is C17H13ClN4O5. The Kier molecular flexibility index (Phi) is 4.95. The molecule has 0 aliphatic carbocycles. The summed E-state index contributed by atoms with van der Waals surface area (Å²) in [5.74, 6) is -1.53. The van der Waals surface area contributed by atoms with Gasteiger partial charge in [-0.25, -0.2) is 0 Å². The number of hydrogen-bond donors (Lipinski definition) is 3. The molecule has 3 rings (SSSR count). The first-order chi connectivity index (χ1) is 12.8. The molecule has 1 heterocycles. The first-order valence-electron chi connectivity index (χ1n) is 7.66. The van der Waals surface area contributed by atoms with E-state index in [1.165, 1.54) is 30.3 Å². The highest BCUT2D eigenvalue weighted by Gasteiger charge is 2.14. The smallest absolute Gasteiger partial charge is 0.273 e. The maximum atomic E-state index is 12.1. The number of nitro benzene ring substituents is 1. The van der Waals surface area contributed by atoms with Gasteiger partial charge in [0, 0.05) is 34.3 Å². The van der Waals surface area contributed by atoms with Gasteiger partial charge in [-0.05, 0) is 30.3 Å². The first-order valence-corrected chi connectivity index (χ1v) is 8.04. The minimum Gasteiger partial charge on any atom is -0.507 e. The zero-order valence-electron chi connectivity index (χ0n) is 13.7. The Bertz CT molecular complexity index is 1060. The maximum absolute atomic E-state index is 12.1. The van der Waals surface area contributed by atoms with Crippen LogP contribution < -0.4 is 10.9 Å². The molecule has 2 aromatic carbocycles. The molecule has 0 atom stereocenters. The van der Waals surface area contributed by atoms with Gasteiger partial charge in [-0.15, -0.1) is 0 Å². The Labute approximate surface area is 157 Å². The predicted molar refractivity (Wildman–Crippen MR) is 97.3 cm³/mol. The summed E-state index contributed by atoms with van der Waals surface area (Å²) in [7, 11) is 0. The molecule has 27 heavy (non-hydrogen) atoms. The number of non-ortho nitro benzene ring substituents is 1. The molecule has 3 N–H and O–H groups in total. The van der Waals surface area contributed by atoms with Gasteiger partial charge in [-0.1, -0.05) is 11.6 Å². The van der Waals surface area contributed by atoms with Gasteiger partial charge in [0.15, 0.2) is 0 Å². The lowest BCUT2D eigenvalue weighted by molar-refractivity contribution is -0.384. The number of fused-ring (bicyclic) bond motifs is 1. The topological polar surface area (TPSA) is 127 Å². The van der Waals surface area contributed by atoms with E-state index in [1.54, 1.807) is 22.9 Å². The largest absolute Gasteiger partial charge is 0.507 e. The molecule has 2 amide bonds. The van der Waals surface area contributed by atoms with Crippen molar-refractivity contribution in [2.45, 2.75) is 6.54 Å². The van der Waals surface area contributed by atoms with Crippen LogP contribution in [0.25, 0.3) is 10.9 Å². The second-order valence-corrected chi connectivity index (χ2v) is 6.04. The van der Waals surface area contributed by atoms with Gasteiger partial charge in [-0.3, -0.25) is 30.6 Å². The molecule has 0 saturated carbocycles. The molecule has 10 heteroatoms. The maximum Gasteiger partial charge on any atom is 0.273 e. The third kappa shape index (κ3) is 3.98. The van der Waals surface area contributed by atoms with Gasteiger partial charge in [0.25, 0.3) is 17.5 Å². The molecule has 1 aromatic heterocycles. The average Bonchev–Trinajstić information content (AvgIpc) is 3.03. The SMILES string of the molecule is O=C(Cn1ccc2cc([N+](=O)[O-])ccc21)NNC(=O)c1cc(Cl)ccc1O. The van der Waals surface area contributed by atoms with Crippen molar-refractivity contribution < 1.29 is 19.6 Å². The van der Waals surface area contributed by atoms with Crippen LogP contribution in [0.4, 0.5) is 5.69 Å². The van der Waals surface area contributed by atoms with Crippen LogP contribution in [0.15, 0.2) is 48.7 Å². The van der Waals surface area contributed by atoms with Gasteiger partial charge in [0.2, 0.25) is 0 Å². The van der Waals surface area contributed by atoms with Crippen LogP contribution in [0, 0.1) is 10.1 Å². The molecule has 3 aromatic rings. The summed E-state index contributed by atoms with van der Waals surface area (Å²) >= 11 is 5.78. The first kappa shape index (κ1) is 18.2. The number of amides is 2. The van der Waals surface area contributed by atoms with E-state index in [2.05, 4.69) is 10.9 Å². The van der Waals surface area contributed by atoms with Gasteiger partial charge in [-0.2, -0.15) is 0 Å². The van der Waals surface area contributed by atoms with Gasteiger partial charge in [0.1, 0.15) is 12.3 Å². The van der Waals surface area contributed by atoms with Crippen molar-refractivity contribution in [3.63, 3.8) is 0 Å². The highest BCUT2D eigenvalue weighted by atomic mass is 35.5. The molecule has 0 bridgehead atoms. The summed E-state index contributed by atoms with van der Waals surface area (Å²) < 4.78 is 1.58. The number of aromatic nitrogens is 1. The standard InChI is InChI=1S/C17H13ClN4O5/c18-11-1-4-15(23)13(8-11)17(25)20-19-16(24)9-21-6-5-10-7-12(22(26)27)2-3-14(10)21/h1-8,23H,9H2,(H,19,24)(H,20,25). The van der Waals surface area contributed by atoms with E-state index in [4.69, 9.17) is 11.6 Å². The van der Waals surface area contributed by atoms with E-state index in [0.717, 1.165) is 0 Å². The lowest BCUT2D eigenvalue weighted by atomic mass is 10.2.